The van der Waals surface area contributed by atoms with Crippen LogP contribution in [0.3, 0.4) is 0 Å². The van der Waals surface area contributed by atoms with Crippen molar-refractivity contribution >= 4 is 29.3 Å². The summed E-state index contributed by atoms with van der Waals surface area (Å²) in [4.78, 5) is 51.2. The molecule has 4 aromatic carbocycles. The molecule has 6 heteroatoms. The van der Waals surface area contributed by atoms with E-state index < -0.39 is 24.4 Å². The number of ether oxygens (including phenoxy) is 1. The fourth-order valence-corrected chi connectivity index (χ4v) is 3.95. The average molecular weight is 461 g/mol. The minimum Gasteiger partial charge on any atom is -0.454 e. The summed E-state index contributed by atoms with van der Waals surface area (Å²) in [6, 6.07) is 29.4. The standard InChI is InChI=1S/C29H19NO5/c31-26(21-12-10-20(11-13-21)19-6-2-1-3-7-19)18-35-29(34)22-14-16-23(17-15-22)30-27(32)24-8-4-5-9-25(24)28(30)33/h1-17H,18H2. The molecule has 2 amide bonds. The van der Waals surface area contributed by atoms with Crippen LogP contribution in [0.5, 0.6) is 0 Å². The monoisotopic (exact) mass is 461 g/mol. The van der Waals surface area contributed by atoms with Crippen molar-refractivity contribution < 1.29 is 23.9 Å². The fraction of sp³-hybridized carbons (Fsp3) is 0.0345. The van der Waals surface area contributed by atoms with Gasteiger partial charge in [-0.25, -0.2) is 9.69 Å². The largest absolute Gasteiger partial charge is 0.454 e. The number of amides is 2. The van der Waals surface area contributed by atoms with Gasteiger partial charge >= 0.3 is 5.97 Å². The molecule has 1 aliphatic heterocycles. The average Bonchev–Trinajstić information content (AvgIpc) is 3.17. The molecular weight excluding hydrogens is 442 g/mol. The summed E-state index contributed by atoms with van der Waals surface area (Å²) in [5.74, 6) is -1.82. The van der Waals surface area contributed by atoms with Gasteiger partial charge in [-0.3, -0.25) is 14.4 Å². The van der Waals surface area contributed by atoms with E-state index in [-0.39, 0.29) is 11.3 Å². The van der Waals surface area contributed by atoms with Gasteiger partial charge in [-0.05, 0) is 47.5 Å². The number of rotatable bonds is 6. The van der Waals surface area contributed by atoms with Gasteiger partial charge in [0, 0.05) is 5.56 Å². The summed E-state index contributed by atoms with van der Waals surface area (Å²) < 4.78 is 5.18. The maximum absolute atomic E-state index is 12.6. The summed E-state index contributed by atoms with van der Waals surface area (Å²) in [5.41, 5.74) is 3.71. The first-order valence-corrected chi connectivity index (χ1v) is 11.0. The molecule has 0 saturated heterocycles. The summed E-state index contributed by atoms with van der Waals surface area (Å²) in [6.45, 7) is -0.399. The molecule has 0 aromatic heterocycles. The van der Waals surface area contributed by atoms with Crippen LogP contribution < -0.4 is 4.90 Å². The Hall–Kier alpha value is -4.84. The first-order valence-electron chi connectivity index (χ1n) is 11.0. The molecule has 0 aliphatic carbocycles. The predicted octanol–water partition coefficient (Wildman–Crippen LogP) is 5.19. The van der Waals surface area contributed by atoms with Gasteiger partial charge in [-0.1, -0.05) is 66.7 Å². The van der Waals surface area contributed by atoms with Gasteiger partial charge in [0.15, 0.2) is 12.4 Å². The molecule has 35 heavy (non-hydrogen) atoms. The number of fused-ring (bicyclic) bond motifs is 1. The molecule has 0 atom stereocenters. The second kappa shape index (κ2) is 9.19. The zero-order valence-electron chi connectivity index (χ0n) is 18.5. The lowest BCUT2D eigenvalue weighted by Gasteiger charge is -2.14. The van der Waals surface area contributed by atoms with E-state index in [1.54, 1.807) is 36.4 Å². The topological polar surface area (TPSA) is 80.8 Å². The number of benzene rings is 4. The van der Waals surface area contributed by atoms with Crippen LogP contribution in [0.25, 0.3) is 11.1 Å². The molecule has 0 radical (unpaired) electrons. The number of anilines is 1. The first kappa shape index (κ1) is 22.0. The second-order valence-corrected chi connectivity index (χ2v) is 7.98. The molecule has 4 aromatic rings. The number of nitrogens with zero attached hydrogens (tertiary/aromatic N) is 1. The Kier molecular flexibility index (Phi) is 5.77. The Morgan fingerprint density at radius 1 is 0.600 bits per heavy atom. The van der Waals surface area contributed by atoms with Crippen LogP contribution >= 0.6 is 0 Å². The van der Waals surface area contributed by atoms with Crippen LogP contribution in [-0.2, 0) is 4.74 Å². The highest BCUT2D eigenvalue weighted by atomic mass is 16.5. The number of esters is 1. The lowest BCUT2D eigenvalue weighted by atomic mass is 10.0. The van der Waals surface area contributed by atoms with E-state index in [1.165, 1.54) is 24.3 Å². The smallest absolute Gasteiger partial charge is 0.338 e. The highest BCUT2D eigenvalue weighted by Gasteiger charge is 2.36. The van der Waals surface area contributed by atoms with Gasteiger partial charge in [0.05, 0.1) is 22.4 Å². The summed E-state index contributed by atoms with van der Waals surface area (Å²) >= 11 is 0. The van der Waals surface area contributed by atoms with Gasteiger partial charge in [0.2, 0.25) is 0 Å². The highest BCUT2D eigenvalue weighted by Crippen LogP contribution is 2.28. The van der Waals surface area contributed by atoms with Crippen LogP contribution in [0.4, 0.5) is 5.69 Å². The Bertz CT molecular complexity index is 1410. The third-order valence-corrected chi connectivity index (χ3v) is 5.80. The van der Waals surface area contributed by atoms with Crippen LogP contribution in [-0.4, -0.2) is 30.2 Å². The Morgan fingerprint density at radius 3 is 1.71 bits per heavy atom. The lowest BCUT2D eigenvalue weighted by Crippen LogP contribution is -2.29. The maximum atomic E-state index is 12.6. The molecule has 0 N–H and O–H groups in total. The van der Waals surface area contributed by atoms with Crippen molar-refractivity contribution in [2.75, 3.05) is 11.5 Å². The molecule has 0 unspecified atom stereocenters. The third-order valence-electron chi connectivity index (χ3n) is 5.80. The number of Topliss-reactive ketones (excluding diaryl/α,β-unsaturated/α-hetero) is 1. The molecule has 0 saturated carbocycles. The first-order chi connectivity index (χ1) is 17.0. The van der Waals surface area contributed by atoms with Gasteiger partial charge in [-0.2, -0.15) is 0 Å². The molecule has 0 bridgehead atoms. The molecule has 0 fully saturated rings. The number of hydrogen-bond acceptors (Lipinski definition) is 5. The Labute approximate surface area is 201 Å². The molecule has 1 heterocycles. The van der Waals surface area contributed by atoms with Crippen molar-refractivity contribution in [2.24, 2.45) is 0 Å². The van der Waals surface area contributed by atoms with E-state index in [0.29, 0.717) is 22.4 Å². The van der Waals surface area contributed by atoms with Crippen molar-refractivity contribution in [1.82, 2.24) is 0 Å². The minimum absolute atomic E-state index is 0.206. The van der Waals surface area contributed by atoms with E-state index in [9.17, 15) is 19.2 Å². The molecule has 6 nitrogen and oxygen atoms in total. The summed E-state index contributed by atoms with van der Waals surface area (Å²) in [5, 5.41) is 0. The number of carbonyl (C=O) groups is 4. The van der Waals surface area contributed by atoms with E-state index in [1.807, 2.05) is 42.5 Å². The zero-order chi connectivity index (χ0) is 24.4. The highest BCUT2D eigenvalue weighted by molar-refractivity contribution is 6.34. The number of hydrogen-bond donors (Lipinski definition) is 0. The van der Waals surface area contributed by atoms with Gasteiger partial charge in [-0.15, -0.1) is 0 Å². The van der Waals surface area contributed by atoms with Crippen molar-refractivity contribution in [1.29, 1.82) is 0 Å². The SMILES string of the molecule is O=C(COC(=O)c1ccc(N2C(=O)c3ccccc3C2=O)cc1)c1ccc(-c2ccccc2)cc1. The van der Waals surface area contributed by atoms with Crippen molar-refractivity contribution in [3.05, 3.63) is 125 Å². The maximum Gasteiger partial charge on any atom is 0.338 e. The van der Waals surface area contributed by atoms with Gasteiger partial charge in [0.1, 0.15) is 0 Å². The fourth-order valence-electron chi connectivity index (χ4n) is 3.95. The van der Waals surface area contributed by atoms with Crippen molar-refractivity contribution in [3.8, 4) is 11.1 Å². The molecular formula is C29H19NO5. The van der Waals surface area contributed by atoms with Crippen LogP contribution in [0.2, 0.25) is 0 Å². The zero-order valence-corrected chi connectivity index (χ0v) is 18.5. The van der Waals surface area contributed by atoms with Gasteiger partial charge in [0.25, 0.3) is 11.8 Å². The summed E-state index contributed by atoms with van der Waals surface area (Å²) in [6.07, 6.45) is 0. The van der Waals surface area contributed by atoms with E-state index in [0.717, 1.165) is 16.0 Å². The Morgan fingerprint density at radius 2 is 1.11 bits per heavy atom. The number of imide groups is 1. The normalized spacial score (nSPS) is 12.4. The van der Waals surface area contributed by atoms with Crippen molar-refractivity contribution in [2.45, 2.75) is 0 Å². The van der Waals surface area contributed by atoms with Crippen LogP contribution in [0.15, 0.2) is 103 Å². The van der Waals surface area contributed by atoms with E-state index >= 15 is 0 Å². The lowest BCUT2D eigenvalue weighted by molar-refractivity contribution is 0.0474. The summed E-state index contributed by atoms with van der Waals surface area (Å²) in [7, 11) is 0. The van der Waals surface area contributed by atoms with Crippen LogP contribution in [0, 0.1) is 0 Å². The molecule has 170 valence electrons. The second-order valence-electron chi connectivity index (χ2n) is 7.98. The third kappa shape index (κ3) is 4.25. The number of carbonyl (C=O) groups excluding carboxylic acids is 4. The van der Waals surface area contributed by atoms with E-state index in [4.69, 9.17) is 4.74 Å². The van der Waals surface area contributed by atoms with Gasteiger partial charge < -0.3 is 4.74 Å². The minimum atomic E-state index is -0.673. The predicted molar refractivity (Wildman–Crippen MR) is 131 cm³/mol. The molecule has 0 spiro atoms. The van der Waals surface area contributed by atoms with Crippen LogP contribution in [0.1, 0.15) is 41.4 Å². The Balaban J connectivity index is 1.21. The van der Waals surface area contributed by atoms with Crippen molar-refractivity contribution in [3.63, 3.8) is 0 Å². The van der Waals surface area contributed by atoms with E-state index in [2.05, 4.69) is 0 Å². The quantitative estimate of drug-likeness (QED) is 0.224. The number of ketones is 1. The molecule has 5 rings (SSSR count). The molecule has 1 aliphatic rings.